The van der Waals surface area contributed by atoms with Gasteiger partial charge in [-0.2, -0.15) is 0 Å². The van der Waals surface area contributed by atoms with Crippen LogP contribution in [0.3, 0.4) is 0 Å². The van der Waals surface area contributed by atoms with E-state index >= 15 is 0 Å². The Bertz CT molecular complexity index is 422. The first-order valence-electron chi connectivity index (χ1n) is 7.41. The molecule has 1 N–H and O–H groups in total. The average molecular weight is 296 g/mol. The summed E-state index contributed by atoms with van der Waals surface area (Å²) in [7, 11) is 3.41. The Balaban J connectivity index is 3.14. The predicted molar refractivity (Wildman–Crippen MR) is 83.9 cm³/mol. The Hall–Kier alpha value is -1.10. The van der Waals surface area contributed by atoms with Gasteiger partial charge in [-0.05, 0) is 61.4 Å². The monoisotopic (exact) mass is 296 g/mol. The normalized spacial score (nSPS) is 11.0. The highest BCUT2D eigenvalue weighted by Crippen LogP contribution is 2.34. The minimum absolute atomic E-state index is 0.207. The van der Waals surface area contributed by atoms with Crippen LogP contribution in [-0.4, -0.2) is 32.5 Å². The highest BCUT2D eigenvalue weighted by molar-refractivity contribution is 5.54. The van der Waals surface area contributed by atoms with Gasteiger partial charge in [0.1, 0.15) is 5.75 Å². The summed E-state index contributed by atoms with van der Waals surface area (Å²) in [6, 6.07) is 0. The molecule has 1 aromatic rings. The number of unbranched alkanes of at least 4 members (excludes halogenated alkanes) is 1. The molecule has 1 aromatic carbocycles. The molecule has 0 saturated carbocycles. The number of hydrogen-bond acceptors (Lipinski definition) is 4. The third-order valence-corrected chi connectivity index (χ3v) is 3.87. The maximum atomic E-state index is 8.85. The zero-order valence-corrected chi connectivity index (χ0v) is 13.9. The van der Waals surface area contributed by atoms with Crippen LogP contribution < -0.4 is 4.74 Å². The number of methoxy groups -OCH3 is 2. The van der Waals surface area contributed by atoms with Crippen molar-refractivity contribution >= 4 is 0 Å². The summed E-state index contributed by atoms with van der Waals surface area (Å²) in [6.45, 7) is 8.23. The van der Waals surface area contributed by atoms with Crippen molar-refractivity contribution in [1.29, 1.82) is 0 Å². The van der Waals surface area contributed by atoms with Gasteiger partial charge in [-0.1, -0.05) is 0 Å². The Morgan fingerprint density at radius 1 is 0.810 bits per heavy atom. The van der Waals surface area contributed by atoms with Crippen LogP contribution in [0.25, 0.3) is 0 Å². The first kappa shape index (κ1) is 18.0. The number of ether oxygens (including phenoxy) is 3. The van der Waals surface area contributed by atoms with E-state index in [4.69, 9.17) is 19.3 Å². The lowest BCUT2D eigenvalue weighted by Crippen LogP contribution is -2.09. The van der Waals surface area contributed by atoms with Crippen molar-refractivity contribution in [3.63, 3.8) is 0 Å². The van der Waals surface area contributed by atoms with Crippen molar-refractivity contribution in [2.45, 2.75) is 46.8 Å². The number of benzene rings is 1. The summed E-state index contributed by atoms with van der Waals surface area (Å²) in [5.74, 6) is 0.928. The maximum absolute atomic E-state index is 8.85. The first-order chi connectivity index (χ1) is 10.1. The minimum Gasteiger partial charge on any atom is -0.493 e. The molecule has 0 amide bonds. The van der Waals surface area contributed by atoms with Crippen molar-refractivity contribution < 1.29 is 19.3 Å². The molecule has 21 heavy (non-hydrogen) atoms. The smallest absolute Gasteiger partial charge is 0.125 e. The molecule has 120 valence electrons. The van der Waals surface area contributed by atoms with Gasteiger partial charge in [-0.25, -0.2) is 0 Å². The number of hydrogen-bond donors (Lipinski definition) is 1. The van der Waals surface area contributed by atoms with E-state index in [9.17, 15) is 0 Å². The van der Waals surface area contributed by atoms with Crippen LogP contribution in [-0.2, 0) is 22.7 Å². The van der Waals surface area contributed by atoms with Gasteiger partial charge in [-0.3, -0.25) is 0 Å². The molecule has 4 heteroatoms. The highest BCUT2D eigenvalue weighted by atomic mass is 16.5. The molecule has 0 unspecified atom stereocenters. The average Bonchev–Trinajstić information content (AvgIpc) is 2.47. The Labute approximate surface area is 128 Å². The summed E-state index contributed by atoms with van der Waals surface area (Å²) in [5.41, 5.74) is 5.84. The third-order valence-electron chi connectivity index (χ3n) is 3.87. The van der Waals surface area contributed by atoms with Crippen LogP contribution in [0.15, 0.2) is 0 Å². The molecular formula is C17H28O4. The summed E-state index contributed by atoms with van der Waals surface area (Å²) in [5, 5.41) is 8.85. The van der Waals surface area contributed by atoms with E-state index in [2.05, 4.69) is 20.8 Å². The third kappa shape index (κ3) is 4.43. The zero-order chi connectivity index (χ0) is 15.8. The molecule has 0 aliphatic carbocycles. The lowest BCUT2D eigenvalue weighted by molar-refractivity contribution is 0.177. The molecular weight excluding hydrogens is 268 g/mol. The summed E-state index contributed by atoms with van der Waals surface area (Å²) in [4.78, 5) is 0. The largest absolute Gasteiger partial charge is 0.493 e. The molecule has 0 saturated heterocycles. The van der Waals surface area contributed by atoms with Gasteiger partial charge in [0, 0.05) is 20.8 Å². The van der Waals surface area contributed by atoms with E-state index in [-0.39, 0.29) is 6.61 Å². The molecule has 0 aliphatic heterocycles. The van der Waals surface area contributed by atoms with Crippen molar-refractivity contribution in [2.24, 2.45) is 0 Å². The SMILES string of the molecule is COCc1c(C)c(COC)c(C)c(OCCCCO)c1C. The Morgan fingerprint density at radius 2 is 1.33 bits per heavy atom. The summed E-state index contributed by atoms with van der Waals surface area (Å²) >= 11 is 0. The lowest BCUT2D eigenvalue weighted by atomic mass is 9.92. The van der Waals surface area contributed by atoms with E-state index < -0.39 is 0 Å². The van der Waals surface area contributed by atoms with Gasteiger partial charge in [0.25, 0.3) is 0 Å². The molecule has 0 atom stereocenters. The molecule has 0 bridgehead atoms. The van der Waals surface area contributed by atoms with E-state index in [1.165, 1.54) is 16.7 Å². The second-order valence-electron chi connectivity index (χ2n) is 5.31. The summed E-state index contributed by atoms with van der Waals surface area (Å²) in [6.07, 6.45) is 1.61. The molecule has 0 fully saturated rings. The van der Waals surface area contributed by atoms with Crippen molar-refractivity contribution in [2.75, 3.05) is 27.4 Å². The van der Waals surface area contributed by atoms with Crippen LogP contribution in [0.1, 0.15) is 40.7 Å². The van der Waals surface area contributed by atoms with E-state index in [1.807, 2.05) is 0 Å². The van der Waals surface area contributed by atoms with Crippen LogP contribution >= 0.6 is 0 Å². The highest BCUT2D eigenvalue weighted by Gasteiger charge is 2.18. The molecule has 1 rings (SSSR count). The summed E-state index contributed by atoms with van der Waals surface area (Å²) < 4.78 is 16.6. The van der Waals surface area contributed by atoms with E-state index in [0.717, 1.165) is 29.7 Å². The van der Waals surface area contributed by atoms with Crippen molar-refractivity contribution in [3.05, 3.63) is 27.8 Å². The van der Waals surface area contributed by atoms with E-state index in [1.54, 1.807) is 14.2 Å². The van der Waals surface area contributed by atoms with Gasteiger partial charge in [0.15, 0.2) is 0 Å². The lowest BCUT2D eigenvalue weighted by Gasteiger charge is -2.22. The fraction of sp³-hybridized carbons (Fsp3) is 0.647. The topological polar surface area (TPSA) is 47.9 Å². The number of rotatable bonds is 9. The zero-order valence-electron chi connectivity index (χ0n) is 13.9. The second kappa shape index (κ2) is 9.03. The van der Waals surface area contributed by atoms with Gasteiger partial charge in [0.05, 0.1) is 19.8 Å². The first-order valence-corrected chi connectivity index (χ1v) is 7.41. The number of aliphatic hydroxyl groups is 1. The minimum atomic E-state index is 0.207. The molecule has 0 aliphatic rings. The maximum Gasteiger partial charge on any atom is 0.125 e. The Kier molecular flexibility index (Phi) is 7.72. The molecule has 0 aromatic heterocycles. The van der Waals surface area contributed by atoms with Crippen LogP contribution in [0.4, 0.5) is 0 Å². The van der Waals surface area contributed by atoms with Gasteiger partial charge >= 0.3 is 0 Å². The molecule has 4 nitrogen and oxygen atoms in total. The molecule has 0 heterocycles. The predicted octanol–water partition coefficient (Wildman–Crippen LogP) is 3.06. The number of aliphatic hydroxyl groups excluding tert-OH is 1. The van der Waals surface area contributed by atoms with E-state index in [0.29, 0.717) is 19.8 Å². The standard InChI is InChI=1S/C17H28O4/c1-12-15(10-19-4)13(2)17(21-9-7-6-8-18)14(3)16(12)11-20-5/h18H,6-11H2,1-5H3. The fourth-order valence-corrected chi connectivity index (χ4v) is 2.63. The van der Waals surface area contributed by atoms with Gasteiger partial charge in [-0.15, -0.1) is 0 Å². The van der Waals surface area contributed by atoms with Crippen LogP contribution in [0, 0.1) is 20.8 Å². The quantitative estimate of drug-likeness (QED) is 0.712. The van der Waals surface area contributed by atoms with Crippen LogP contribution in [0.2, 0.25) is 0 Å². The van der Waals surface area contributed by atoms with Gasteiger partial charge in [0.2, 0.25) is 0 Å². The van der Waals surface area contributed by atoms with Crippen molar-refractivity contribution in [1.82, 2.24) is 0 Å². The fourth-order valence-electron chi connectivity index (χ4n) is 2.63. The van der Waals surface area contributed by atoms with Crippen molar-refractivity contribution in [3.8, 4) is 5.75 Å². The van der Waals surface area contributed by atoms with Crippen LogP contribution in [0.5, 0.6) is 5.75 Å². The second-order valence-corrected chi connectivity index (χ2v) is 5.31. The molecule has 0 radical (unpaired) electrons. The molecule has 0 spiro atoms. The van der Waals surface area contributed by atoms with Gasteiger partial charge < -0.3 is 19.3 Å². The Morgan fingerprint density at radius 3 is 1.76 bits per heavy atom.